The molecule has 1 saturated carbocycles. The molecule has 2 rings (SSSR count). The third kappa shape index (κ3) is 3.63. The highest BCUT2D eigenvalue weighted by Gasteiger charge is 2.29. The van der Waals surface area contributed by atoms with Crippen LogP contribution in [0.5, 0.6) is 0 Å². The molecule has 6 heteroatoms. The van der Waals surface area contributed by atoms with Gasteiger partial charge < -0.3 is 5.32 Å². The van der Waals surface area contributed by atoms with Crippen molar-refractivity contribution in [3.63, 3.8) is 0 Å². The quantitative estimate of drug-likeness (QED) is 0.717. The number of aromatic amines is 1. The van der Waals surface area contributed by atoms with Gasteiger partial charge in [0.1, 0.15) is 0 Å². The van der Waals surface area contributed by atoms with E-state index in [4.69, 9.17) is 0 Å². The number of aromatic nitrogens is 3. The first-order chi connectivity index (χ1) is 9.17. The van der Waals surface area contributed by atoms with Crippen LogP contribution in [0.1, 0.15) is 46.1 Å². The SMILES string of the molecule is CCNC(CSc1n[nH]c(=O)n1C1CC1)C(C)CC. The molecule has 0 saturated heterocycles. The Morgan fingerprint density at radius 2 is 2.26 bits per heavy atom. The van der Waals surface area contributed by atoms with E-state index in [1.165, 1.54) is 0 Å². The lowest BCUT2D eigenvalue weighted by molar-refractivity contribution is 0.403. The van der Waals surface area contributed by atoms with Crippen LogP contribution in [0.25, 0.3) is 0 Å². The summed E-state index contributed by atoms with van der Waals surface area (Å²) in [5, 5.41) is 11.1. The molecule has 0 aromatic carbocycles. The minimum Gasteiger partial charge on any atom is -0.313 e. The maximum Gasteiger partial charge on any atom is 0.344 e. The smallest absolute Gasteiger partial charge is 0.313 e. The van der Waals surface area contributed by atoms with Gasteiger partial charge in [0.15, 0.2) is 5.16 Å². The van der Waals surface area contributed by atoms with Crippen molar-refractivity contribution < 1.29 is 0 Å². The summed E-state index contributed by atoms with van der Waals surface area (Å²) >= 11 is 1.69. The standard InChI is InChI=1S/C13H24N4OS/c1-4-9(3)11(14-5-2)8-19-13-16-15-12(18)17(13)10-6-7-10/h9-11,14H,4-8H2,1-3H3,(H,15,18). The van der Waals surface area contributed by atoms with E-state index in [0.29, 0.717) is 18.0 Å². The van der Waals surface area contributed by atoms with Gasteiger partial charge in [-0.1, -0.05) is 39.0 Å². The molecule has 0 spiro atoms. The Labute approximate surface area is 118 Å². The molecule has 1 aromatic heterocycles. The second kappa shape index (κ2) is 6.61. The van der Waals surface area contributed by atoms with Gasteiger partial charge in [0.25, 0.3) is 0 Å². The van der Waals surface area contributed by atoms with E-state index in [1.807, 2.05) is 4.57 Å². The monoisotopic (exact) mass is 284 g/mol. The van der Waals surface area contributed by atoms with Crippen molar-refractivity contribution in [3.8, 4) is 0 Å². The Morgan fingerprint density at radius 3 is 2.84 bits per heavy atom. The van der Waals surface area contributed by atoms with Crippen LogP contribution >= 0.6 is 11.8 Å². The van der Waals surface area contributed by atoms with E-state index in [2.05, 4.69) is 36.3 Å². The molecular formula is C13H24N4OS. The first-order valence-corrected chi connectivity index (χ1v) is 8.19. The fraction of sp³-hybridized carbons (Fsp3) is 0.846. The Hall–Kier alpha value is -0.750. The molecule has 1 aromatic rings. The number of thioether (sulfide) groups is 1. The van der Waals surface area contributed by atoms with Gasteiger partial charge in [-0.05, 0) is 25.3 Å². The van der Waals surface area contributed by atoms with E-state index in [9.17, 15) is 4.79 Å². The number of hydrogen-bond donors (Lipinski definition) is 2. The predicted molar refractivity (Wildman–Crippen MR) is 78.8 cm³/mol. The minimum absolute atomic E-state index is 0.0615. The first kappa shape index (κ1) is 14.7. The van der Waals surface area contributed by atoms with Gasteiger partial charge in [0.2, 0.25) is 0 Å². The van der Waals surface area contributed by atoms with Crippen molar-refractivity contribution in [2.24, 2.45) is 5.92 Å². The fourth-order valence-corrected chi connectivity index (χ4v) is 3.44. The third-order valence-electron chi connectivity index (χ3n) is 3.77. The summed E-state index contributed by atoms with van der Waals surface area (Å²) in [5.41, 5.74) is -0.0615. The molecule has 2 unspecified atom stereocenters. The molecule has 2 N–H and O–H groups in total. The highest BCUT2D eigenvalue weighted by molar-refractivity contribution is 7.99. The molecule has 0 aliphatic heterocycles. The molecule has 5 nitrogen and oxygen atoms in total. The average Bonchev–Trinajstić information content (AvgIpc) is 3.18. The Bertz CT molecular complexity index is 452. The summed E-state index contributed by atoms with van der Waals surface area (Å²) in [6.45, 7) is 7.60. The largest absolute Gasteiger partial charge is 0.344 e. The molecule has 1 fully saturated rings. The van der Waals surface area contributed by atoms with E-state index in [0.717, 1.165) is 36.7 Å². The van der Waals surface area contributed by atoms with Crippen LogP contribution in [0.15, 0.2) is 9.95 Å². The molecule has 0 bridgehead atoms. The van der Waals surface area contributed by atoms with Gasteiger partial charge in [0, 0.05) is 17.8 Å². The van der Waals surface area contributed by atoms with Crippen LogP contribution < -0.4 is 11.0 Å². The van der Waals surface area contributed by atoms with Crippen molar-refractivity contribution in [3.05, 3.63) is 10.5 Å². The zero-order valence-corrected chi connectivity index (χ0v) is 12.8. The number of nitrogens with zero attached hydrogens (tertiary/aromatic N) is 2. The van der Waals surface area contributed by atoms with Crippen molar-refractivity contribution >= 4 is 11.8 Å². The molecular weight excluding hydrogens is 260 g/mol. The highest BCUT2D eigenvalue weighted by atomic mass is 32.2. The third-order valence-corrected chi connectivity index (χ3v) is 4.85. The number of nitrogens with one attached hydrogen (secondary N) is 2. The number of rotatable bonds is 8. The van der Waals surface area contributed by atoms with Crippen LogP contribution in [0.4, 0.5) is 0 Å². The van der Waals surface area contributed by atoms with Gasteiger partial charge in [-0.2, -0.15) is 0 Å². The molecule has 1 heterocycles. The van der Waals surface area contributed by atoms with Gasteiger partial charge in [-0.3, -0.25) is 4.57 Å². The number of hydrogen-bond acceptors (Lipinski definition) is 4. The highest BCUT2D eigenvalue weighted by Crippen LogP contribution is 2.36. The Balaban J connectivity index is 1.98. The second-order valence-electron chi connectivity index (χ2n) is 5.27. The molecule has 0 amide bonds. The topological polar surface area (TPSA) is 62.7 Å². The zero-order valence-electron chi connectivity index (χ0n) is 12.0. The predicted octanol–water partition coefficient (Wildman–Crippen LogP) is 2.02. The van der Waals surface area contributed by atoms with E-state index in [1.54, 1.807) is 11.8 Å². The lowest BCUT2D eigenvalue weighted by Crippen LogP contribution is -2.36. The lowest BCUT2D eigenvalue weighted by Gasteiger charge is -2.23. The van der Waals surface area contributed by atoms with E-state index >= 15 is 0 Å². The normalized spacial score (nSPS) is 18.5. The summed E-state index contributed by atoms with van der Waals surface area (Å²) in [7, 11) is 0. The minimum atomic E-state index is -0.0615. The molecule has 19 heavy (non-hydrogen) atoms. The van der Waals surface area contributed by atoms with Crippen LogP contribution in [0, 0.1) is 5.92 Å². The summed E-state index contributed by atoms with van der Waals surface area (Å²) in [6.07, 6.45) is 3.37. The maximum absolute atomic E-state index is 11.7. The molecule has 108 valence electrons. The van der Waals surface area contributed by atoms with Gasteiger partial charge >= 0.3 is 5.69 Å². The van der Waals surface area contributed by atoms with E-state index < -0.39 is 0 Å². The summed E-state index contributed by atoms with van der Waals surface area (Å²) in [4.78, 5) is 11.7. The van der Waals surface area contributed by atoms with Crippen LogP contribution in [0.3, 0.4) is 0 Å². The maximum atomic E-state index is 11.7. The lowest BCUT2D eigenvalue weighted by atomic mass is 10.0. The average molecular weight is 284 g/mol. The number of H-pyrrole nitrogens is 1. The Morgan fingerprint density at radius 1 is 1.53 bits per heavy atom. The summed E-state index contributed by atoms with van der Waals surface area (Å²) in [5.74, 6) is 1.59. The van der Waals surface area contributed by atoms with E-state index in [-0.39, 0.29) is 5.69 Å². The molecule has 1 aliphatic rings. The van der Waals surface area contributed by atoms with Crippen molar-refractivity contribution in [1.29, 1.82) is 0 Å². The van der Waals surface area contributed by atoms with Crippen LogP contribution in [0.2, 0.25) is 0 Å². The first-order valence-electron chi connectivity index (χ1n) is 7.20. The fourth-order valence-electron chi connectivity index (χ4n) is 2.18. The van der Waals surface area contributed by atoms with Gasteiger partial charge in [-0.25, -0.2) is 9.89 Å². The van der Waals surface area contributed by atoms with Gasteiger partial charge in [-0.15, -0.1) is 5.10 Å². The molecule has 2 atom stereocenters. The molecule has 0 radical (unpaired) electrons. The van der Waals surface area contributed by atoms with Crippen molar-refractivity contribution in [2.45, 2.75) is 57.3 Å². The molecule has 1 aliphatic carbocycles. The van der Waals surface area contributed by atoms with Crippen molar-refractivity contribution in [2.75, 3.05) is 12.3 Å². The zero-order chi connectivity index (χ0) is 13.8. The summed E-state index contributed by atoms with van der Waals surface area (Å²) in [6, 6.07) is 0.856. The van der Waals surface area contributed by atoms with Crippen LogP contribution in [-0.4, -0.2) is 33.1 Å². The Kier molecular flexibility index (Phi) is 5.10. The van der Waals surface area contributed by atoms with Gasteiger partial charge in [0.05, 0.1) is 0 Å². The summed E-state index contributed by atoms with van der Waals surface area (Å²) < 4.78 is 1.82. The van der Waals surface area contributed by atoms with Crippen molar-refractivity contribution in [1.82, 2.24) is 20.1 Å². The van der Waals surface area contributed by atoms with Crippen LogP contribution in [-0.2, 0) is 0 Å². The second-order valence-corrected chi connectivity index (χ2v) is 6.26.